The van der Waals surface area contributed by atoms with Crippen molar-refractivity contribution in [1.82, 2.24) is 15.6 Å². The van der Waals surface area contributed by atoms with E-state index in [0.717, 1.165) is 5.56 Å². The van der Waals surface area contributed by atoms with Gasteiger partial charge >= 0.3 is 0 Å². The molecule has 0 aliphatic carbocycles. The number of nitriles is 1. The number of amides is 1. The highest BCUT2D eigenvalue weighted by atomic mass is 16.5. The van der Waals surface area contributed by atoms with E-state index in [4.69, 9.17) is 10.00 Å². The van der Waals surface area contributed by atoms with Crippen LogP contribution in [0.4, 0.5) is 0 Å². The Bertz CT molecular complexity index is 1060. The maximum absolute atomic E-state index is 12.3. The Labute approximate surface area is 147 Å². The van der Waals surface area contributed by atoms with Crippen molar-refractivity contribution < 1.29 is 9.53 Å². The van der Waals surface area contributed by atoms with E-state index in [9.17, 15) is 9.59 Å². The van der Waals surface area contributed by atoms with Crippen LogP contribution in [0, 0.1) is 11.3 Å². The van der Waals surface area contributed by atoms with E-state index in [1.54, 1.807) is 48.5 Å². The SMILES string of the molecule is N#CCOc1ccc(/C=N\NC(=O)c2n[nH]c(=O)c3ccccc23)cc1. The molecule has 0 atom stereocenters. The Kier molecular flexibility index (Phi) is 5.00. The molecule has 3 aromatic rings. The topological polar surface area (TPSA) is 120 Å². The van der Waals surface area contributed by atoms with Gasteiger partial charge in [-0.3, -0.25) is 9.59 Å². The predicted molar refractivity (Wildman–Crippen MR) is 95.0 cm³/mol. The third-order valence-corrected chi connectivity index (χ3v) is 3.47. The minimum absolute atomic E-state index is 0.0242. The predicted octanol–water partition coefficient (Wildman–Crippen LogP) is 1.59. The van der Waals surface area contributed by atoms with Crippen LogP contribution in [0.25, 0.3) is 10.8 Å². The number of fused-ring (bicyclic) bond motifs is 1. The minimum Gasteiger partial charge on any atom is -0.479 e. The molecule has 0 radical (unpaired) electrons. The van der Waals surface area contributed by atoms with Gasteiger partial charge < -0.3 is 4.74 Å². The van der Waals surface area contributed by atoms with Gasteiger partial charge in [0, 0.05) is 5.39 Å². The lowest BCUT2D eigenvalue weighted by molar-refractivity contribution is 0.0951. The summed E-state index contributed by atoms with van der Waals surface area (Å²) in [6, 6.07) is 15.4. The number of rotatable bonds is 5. The maximum atomic E-state index is 12.3. The highest BCUT2D eigenvalue weighted by Gasteiger charge is 2.12. The van der Waals surface area contributed by atoms with Crippen LogP contribution in [0.1, 0.15) is 16.1 Å². The number of benzene rings is 2. The molecule has 0 aliphatic rings. The van der Waals surface area contributed by atoms with Crippen molar-refractivity contribution in [2.24, 2.45) is 5.10 Å². The van der Waals surface area contributed by atoms with Gasteiger partial charge in [0.1, 0.15) is 11.8 Å². The van der Waals surface area contributed by atoms with Gasteiger partial charge in [-0.25, -0.2) is 10.5 Å². The van der Waals surface area contributed by atoms with Gasteiger partial charge in [-0.15, -0.1) is 0 Å². The summed E-state index contributed by atoms with van der Waals surface area (Å²) in [5.74, 6) is 0.0271. The Balaban J connectivity index is 1.71. The Morgan fingerprint density at radius 3 is 2.69 bits per heavy atom. The molecule has 1 aromatic heterocycles. The maximum Gasteiger partial charge on any atom is 0.292 e. The molecule has 2 N–H and O–H groups in total. The van der Waals surface area contributed by atoms with Gasteiger partial charge in [0.05, 0.1) is 11.6 Å². The molecule has 0 unspecified atom stereocenters. The number of hydrogen-bond donors (Lipinski definition) is 2. The summed E-state index contributed by atoms with van der Waals surface area (Å²) in [6.45, 7) is -0.0242. The molecule has 0 bridgehead atoms. The number of aromatic nitrogens is 2. The second-order valence-corrected chi connectivity index (χ2v) is 5.16. The molecule has 128 valence electrons. The molecule has 26 heavy (non-hydrogen) atoms. The van der Waals surface area contributed by atoms with Gasteiger partial charge in [-0.1, -0.05) is 18.2 Å². The van der Waals surface area contributed by atoms with Gasteiger partial charge in [-0.05, 0) is 35.9 Å². The fraction of sp³-hybridized carbons (Fsp3) is 0.0556. The Morgan fingerprint density at radius 2 is 1.96 bits per heavy atom. The van der Waals surface area contributed by atoms with Crippen LogP contribution in [0.5, 0.6) is 5.75 Å². The lowest BCUT2D eigenvalue weighted by Gasteiger charge is -2.03. The molecule has 1 amide bonds. The fourth-order valence-electron chi connectivity index (χ4n) is 2.27. The van der Waals surface area contributed by atoms with E-state index in [2.05, 4.69) is 20.7 Å². The number of ether oxygens (including phenoxy) is 1. The zero-order valence-corrected chi connectivity index (χ0v) is 13.5. The zero-order valence-electron chi connectivity index (χ0n) is 13.5. The first-order valence-corrected chi connectivity index (χ1v) is 7.59. The van der Waals surface area contributed by atoms with Crippen LogP contribution in [0.15, 0.2) is 58.4 Å². The highest BCUT2D eigenvalue weighted by molar-refractivity contribution is 6.04. The normalized spacial score (nSPS) is 10.6. The Hall–Kier alpha value is -3.99. The molecule has 0 saturated carbocycles. The lowest BCUT2D eigenvalue weighted by Crippen LogP contribution is -2.22. The smallest absolute Gasteiger partial charge is 0.292 e. The van der Waals surface area contributed by atoms with E-state index in [0.29, 0.717) is 16.5 Å². The number of H-pyrrole nitrogens is 1. The van der Waals surface area contributed by atoms with Crippen molar-refractivity contribution >= 4 is 22.9 Å². The molecular weight excluding hydrogens is 334 g/mol. The van der Waals surface area contributed by atoms with Crippen molar-refractivity contribution in [3.8, 4) is 11.8 Å². The molecule has 0 spiro atoms. The molecule has 0 saturated heterocycles. The van der Waals surface area contributed by atoms with Gasteiger partial charge in [0.2, 0.25) is 0 Å². The summed E-state index contributed by atoms with van der Waals surface area (Å²) in [6.07, 6.45) is 1.46. The second kappa shape index (κ2) is 7.72. The standard InChI is InChI=1S/C18H13N5O3/c19-9-10-26-13-7-5-12(6-8-13)11-20-22-18(25)16-14-3-1-2-4-15(14)17(24)23-21-16/h1-8,11H,10H2,(H,22,25)(H,23,24)/b20-11-. The third kappa shape index (κ3) is 3.73. The number of carbonyl (C=O) groups excluding carboxylic acids is 1. The summed E-state index contributed by atoms with van der Waals surface area (Å²) in [5.41, 5.74) is 2.83. The number of carbonyl (C=O) groups is 1. The van der Waals surface area contributed by atoms with Crippen molar-refractivity contribution in [2.45, 2.75) is 0 Å². The van der Waals surface area contributed by atoms with Crippen molar-refractivity contribution in [3.05, 3.63) is 70.1 Å². The second-order valence-electron chi connectivity index (χ2n) is 5.16. The van der Waals surface area contributed by atoms with Crippen LogP contribution in [0.2, 0.25) is 0 Å². The first-order chi connectivity index (χ1) is 12.7. The molecule has 0 fully saturated rings. The lowest BCUT2D eigenvalue weighted by atomic mass is 10.1. The number of aromatic amines is 1. The van der Waals surface area contributed by atoms with Crippen LogP contribution < -0.4 is 15.7 Å². The van der Waals surface area contributed by atoms with E-state index < -0.39 is 5.91 Å². The van der Waals surface area contributed by atoms with Gasteiger partial charge in [0.25, 0.3) is 11.5 Å². The summed E-state index contributed by atoms with van der Waals surface area (Å²) in [5, 5.41) is 19.3. The van der Waals surface area contributed by atoms with Crippen LogP contribution in [0.3, 0.4) is 0 Å². The molecule has 8 heteroatoms. The Morgan fingerprint density at radius 1 is 1.23 bits per heavy atom. The fourth-order valence-corrected chi connectivity index (χ4v) is 2.27. The third-order valence-electron chi connectivity index (χ3n) is 3.47. The first kappa shape index (κ1) is 16.9. The average molecular weight is 347 g/mol. The number of hydrazone groups is 1. The van der Waals surface area contributed by atoms with Crippen molar-refractivity contribution in [1.29, 1.82) is 5.26 Å². The van der Waals surface area contributed by atoms with E-state index in [1.807, 2.05) is 6.07 Å². The molecule has 3 rings (SSSR count). The quantitative estimate of drug-likeness (QED) is 0.536. The van der Waals surface area contributed by atoms with E-state index in [-0.39, 0.29) is 17.9 Å². The van der Waals surface area contributed by atoms with Crippen molar-refractivity contribution in [3.63, 3.8) is 0 Å². The van der Waals surface area contributed by atoms with E-state index in [1.165, 1.54) is 6.21 Å². The number of hydrogen-bond acceptors (Lipinski definition) is 6. The zero-order chi connectivity index (χ0) is 18.4. The minimum atomic E-state index is -0.539. The summed E-state index contributed by atoms with van der Waals surface area (Å²) in [4.78, 5) is 24.0. The van der Waals surface area contributed by atoms with Gasteiger partial charge in [0.15, 0.2) is 12.3 Å². The summed E-state index contributed by atoms with van der Waals surface area (Å²) < 4.78 is 5.15. The van der Waals surface area contributed by atoms with Crippen LogP contribution >= 0.6 is 0 Å². The average Bonchev–Trinajstić information content (AvgIpc) is 2.68. The molecule has 8 nitrogen and oxygen atoms in total. The summed E-state index contributed by atoms with van der Waals surface area (Å²) >= 11 is 0. The summed E-state index contributed by atoms with van der Waals surface area (Å²) in [7, 11) is 0. The van der Waals surface area contributed by atoms with E-state index >= 15 is 0 Å². The highest BCUT2D eigenvalue weighted by Crippen LogP contribution is 2.12. The van der Waals surface area contributed by atoms with Crippen LogP contribution in [-0.2, 0) is 0 Å². The molecular formula is C18H13N5O3. The number of nitrogens with one attached hydrogen (secondary N) is 2. The van der Waals surface area contributed by atoms with Crippen molar-refractivity contribution in [2.75, 3.05) is 6.61 Å². The molecule has 0 aliphatic heterocycles. The molecule has 1 heterocycles. The number of nitrogens with zero attached hydrogens (tertiary/aromatic N) is 3. The largest absolute Gasteiger partial charge is 0.479 e. The van der Waals surface area contributed by atoms with Crippen LogP contribution in [-0.4, -0.2) is 28.9 Å². The van der Waals surface area contributed by atoms with Gasteiger partial charge in [-0.2, -0.15) is 15.5 Å². The monoisotopic (exact) mass is 347 g/mol. The first-order valence-electron chi connectivity index (χ1n) is 7.59. The molecule has 2 aromatic carbocycles.